The first kappa shape index (κ1) is 17.1. The van der Waals surface area contributed by atoms with Crippen LogP contribution in [0.25, 0.3) is 0 Å². The smallest absolute Gasteiger partial charge is 0.335 e. The minimum absolute atomic E-state index is 0.0336. The highest BCUT2D eigenvalue weighted by Gasteiger charge is 2.42. The highest BCUT2D eigenvalue weighted by Crippen LogP contribution is 2.37. The van der Waals surface area contributed by atoms with Gasteiger partial charge in [0.05, 0.1) is 12.5 Å². The van der Waals surface area contributed by atoms with Gasteiger partial charge in [0.2, 0.25) is 0 Å². The molecule has 4 nitrogen and oxygen atoms in total. The summed E-state index contributed by atoms with van der Waals surface area (Å²) >= 11 is 1.52. The Balaban J connectivity index is 1.76. The lowest BCUT2D eigenvalue weighted by Gasteiger charge is -2.30. The van der Waals surface area contributed by atoms with Crippen LogP contribution in [-0.2, 0) is 13.0 Å². The van der Waals surface area contributed by atoms with E-state index in [9.17, 15) is 18.0 Å². The van der Waals surface area contributed by atoms with Crippen LogP contribution in [0, 0.1) is 5.92 Å². The number of urea groups is 1. The number of carbonyl (C=O) groups excluding carboxylic acids is 1. The van der Waals surface area contributed by atoms with Crippen molar-refractivity contribution in [3.63, 3.8) is 0 Å². The van der Waals surface area contributed by atoms with Gasteiger partial charge in [0.1, 0.15) is 5.01 Å². The number of hydrogen-bond donors (Lipinski definition) is 2. The fourth-order valence-electron chi connectivity index (χ4n) is 2.60. The molecule has 1 saturated carbocycles. The molecule has 0 aliphatic heterocycles. The predicted octanol–water partition coefficient (Wildman–Crippen LogP) is 3.63. The molecule has 22 heavy (non-hydrogen) atoms. The molecule has 0 bridgehead atoms. The molecule has 1 aromatic rings. The second-order valence-electron chi connectivity index (χ2n) is 5.50. The summed E-state index contributed by atoms with van der Waals surface area (Å²) in [6.45, 7) is 2.32. The number of hydrogen-bond acceptors (Lipinski definition) is 3. The summed E-state index contributed by atoms with van der Waals surface area (Å²) in [6, 6.07) is -0.844. The van der Waals surface area contributed by atoms with Crippen molar-refractivity contribution in [1.82, 2.24) is 15.6 Å². The second-order valence-corrected chi connectivity index (χ2v) is 6.70. The van der Waals surface area contributed by atoms with E-state index >= 15 is 0 Å². The maximum atomic E-state index is 12.7. The molecule has 0 unspecified atom stereocenters. The first-order valence-corrected chi connectivity index (χ1v) is 8.24. The van der Waals surface area contributed by atoms with Gasteiger partial charge in [-0.15, -0.1) is 11.3 Å². The summed E-state index contributed by atoms with van der Waals surface area (Å²) in [6.07, 6.45) is -0.303. The maximum Gasteiger partial charge on any atom is 0.391 e. The molecule has 2 atom stereocenters. The Labute approximate surface area is 131 Å². The van der Waals surface area contributed by atoms with Gasteiger partial charge < -0.3 is 10.6 Å². The topological polar surface area (TPSA) is 54.0 Å². The number of carbonyl (C=O) groups is 1. The van der Waals surface area contributed by atoms with Gasteiger partial charge in [-0.3, -0.25) is 0 Å². The van der Waals surface area contributed by atoms with E-state index in [0.717, 1.165) is 16.3 Å². The molecule has 1 aliphatic rings. The van der Waals surface area contributed by atoms with Crippen LogP contribution >= 0.6 is 11.3 Å². The molecule has 0 saturated heterocycles. The zero-order chi connectivity index (χ0) is 16.2. The Bertz CT molecular complexity index is 504. The monoisotopic (exact) mass is 335 g/mol. The van der Waals surface area contributed by atoms with Crippen LogP contribution in [0.3, 0.4) is 0 Å². The molecule has 1 aliphatic carbocycles. The fraction of sp³-hybridized carbons (Fsp3) is 0.714. The fourth-order valence-corrected chi connectivity index (χ4v) is 3.41. The van der Waals surface area contributed by atoms with Crippen LogP contribution in [-0.4, -0.2) is 23.2 Å². The van der Waals surface area contributed by atoms with E-state index in [0.29, 0.717) is 19.4 Å². The summed E-state index contributed by atoms with van der Waals surface area (Å²) in [7, 11) is 0. The van der Waals surface area contributed by atoms with Crippen molar-refractivity contribution in [3.05, 3.63) is 16.1 Å². The van der Waals surface area contributed by atoms with Crippen molar-refractivity contribution in [2.45, 2.75) is 57.8 Å². The Hall–Kier alpha value is -1.31. The SMILES string of the molecule is CCc1cnc(CNC(=O)N[C@@H]2CCC[C@@H](C(F)(F)F)C2)s1. The number of thiazole rings is 1. The van der Waals surface area contributed by atoms with E-state index in [2.05, 4.69) is 15.6 Å². The summed E-state index contributed by atoms with van der Waals surface area (Å²) in [5.41, 5.74) is 0. The van der Waals surface area contributed by atoms with Gasteiger partial charge in [-0.1, -0.05) is 13.3 Å². The number of amides is 2. The lowest BCUT2D eigenvalue weighted by molar-refractivity contribution is -0.183. The Morgan fingerprint density at radius 2 is 2.23 bits per heavy atom. The van der Waals surface area contributed by atoms with Gasteiger partial charge in [0, 0.05) is 17.1 Å². The van der Waals surface area contributed by atoms with Crippen molar-refractivity contribution < 1.29 is 18.0 Å². The molecule has 8 heteroatoms. The molecule has 2 rings (SSSR count). The third-order valence-electron chi connectivity index (χ3n) is 3.82. The summed E-state index contributed by atoms with van der Waals surface area (Å²) in [5.74, 6) is -1.31. The number of aromatic nitrogens is 1. The Morgan fingerprint density at radius 3 is 2.86 bits per heavy atom. The van der Waals surface area contributed by atoms with Gasteiger partial charge in [0.15, 0.2) is 0 Å². The Kier molecular flexibility index (Phi) is 5.66. The van der Waals surface area contributed by atoms with Crippen molar-refractivity contribution in [2.24, 2.45) is 5.92 Å². The molecule has 0 spiro atoms. The van der Waals surface area contributed by atoms with Gasteiger partial charge in [-0.05, 0) is 25.7 Å². The van der Waals surface area contributed by atoms with Crippen LogP contribution in [0.2, 0.25) is 0 Å². The molecule has 0 aromatic carbocycles. The van der Waals surface area contributed by atoms with E-state index in [-0.39, 0.29) is 12.8 Å². The first-order chi connectivity index (χ1) is 10.4. The lowest BCUT2D eigenvalue weighted by Crippen LogP contribution is -2.45. The van der Waals surface area contributed by atoms with Crippen molar-refractivity contribution in [3.8, 4) is 0 Å². The standard InChI is InChI=1S/C14H20F3N3OS/c1-2-11-7-18-12(22-11)8-19-13(21)20-10-5-3-4-9(6-10)14(15,16)17/h7,9-10H,2-6,8H2,1H3,(H2,19,20,21)/t9-,10-/m1/s1. The highest BCUT2D eigenvalue weighted by atomic mass is 32.1. The number of rotatable bonds is 4. The van der Waals surface area contributed by atoms with E-state index in [1.807, 2.05) is 6.92 Å². The van der Waals surface area contributed by atoms with Crippen LogP contribution < -0.4 is 10.6 Å². The number of nitrogens with one attached hydrogen (secondary N) is 2. The second kappa shape index (κ2) is 7.30. The number of alkyl halides is 3. The number of nitrogens with zero attached hydrogens (tertiary/aromatic N) is 1. The molecule has 2 amide bonds. The minimum atomic E-state index is -4.17. The average Bonchev–Trinajstić information content (AvgIpc) is 2.92. The van der Waals surface area contributed by atoms with Crippen LogP contribution in [0.15, 0.2) is 6.20 Å². The van der Waals surface area contributed by atoms with E-state index in [1.54, 1.807) is 6.20 Å². The number of aryl methyl sites for hydroxylation is 1. The van der Waals surface area contributed by atoms with E-state index in [1.165, 1.54) is 11.3 Å². The molecule has 2 N–H and O–H groups in total. The van der Waals surface area contributed by atoms with Crippen molar-refractivity contribution >= 4 is 17.4 Å². The van der Waals surface area contributed by atoms with E-state index < -0.39 is 24.2 Å². The van der Waals surface area contributed by atoms with Crippen LogP contribution in [0.5, 0.6) is 0 Å². The van der Waals surface area contributed by atoms with Crippen LogP contribution in [0.4, 0.5) is 18.0 Å². The molecule has 0 radical (unpaired) electrons. The predicted molar refractivity (Wildman–Crippen MR) is 78.7 cm³/mol. The quantitative estimate of drug-likeness (QED) is 0.883. The number of halogens is 3. The van der Waals surface area contributed by atoms with Gasteiger partial charge >= 0.3 is 12.2 Å². The summed E-state index contributed by atoms with van der Waals surface area (Å²) in [4.78, 5) is 17.1. The zero-order valence-electron chi connectivity index (χ0n) is 12.4. The lowest BCUT2D eigenvalue weighted by atomic mass is 9.85. The van der Waals surface area contributed by atoms with Crippen molar-refractivity contribution in [1.29, 1.82) is 0 Å². The van der Waals surface area contributed by atoms with Gasteiger partial charge in [0.25, 0.3) is 0 Å². The molecule has 1 aromatic heterocycles. The molecule has 1 heterocycles. The maximum absolute atomic E-state index is 12.7. The van der Waals surface area contributed by atoms with Gasteiger partial charge in [-0.25, -0.2) is 9.78 Å². The first-order valence-electron chi connectivity index (χ1n) is 7.43. The molecular formula is C14H20F3N3OS. The highest BCUT2D eigenvalue weighted by molar-refractivity contribution is 7.11. The Morgan fingerprint density at radius 1 is 1.45 bits per heavy atom. The van der Waals surface area contributed by atoms with Crippen molar-refractivity contribution in [2.75, 3.05) is 0 Å². The third-order valence-corrected chi connectivity index (χ3v) is 4.96. The molecule has 1 fully saturated rings. The molecule has 124 valence electrons. The average molecular weight is 335 g/mol. The van der Waals surface area contributed by atoms with E-state index in [4.69, 9.17) is 0 Å². The summed E-state index contributed by atoms with van der Waals surface area (Å²) < 4.78 is 38.2. The third kappa shape index (κ3) is 4.86. The minimum Gasteiger partial charge on any atom is -0.335 e. The molecular weight excluding hydrogens is 315 g/mol. The normalized spacial score (nSPS) is 22.4. The van der Waals surface area contributed by atoms with Crippen LogP contribution in [0.1, 0.15) is 42.5 Å². The zero-order valence-corrected chi connectivity index (χ0v) is 13.2. The van der Waals surface area contributed by atoms with Gasteiger partial charge in [-0.2, -0.15) is 13.2 Å². The largest absolute Gasteiger partial charge is 0.391 e. The summed E-state index contributed by atoms with van der Waals surface area (Å²) in [5, 5.41) is 6.09.